The number of rotatable bonds is 7. The molecule has 0 aromatic heterocycles. The van der Waals surface area contributed by atoms with Crippen molar-refractivity contribution in [3.63, 3.8) is 0 Å². The van der Waals surface area contributed by atoms with Crippen LogP contribution in [0.3, 0.4) is 0 Å². The van der Waals surface area contributed by atoms with E-state index in [4.69, 9.17) is 23.2 Å². The van der Waals surface area contributed by atoms with Crippen LogP contribution in [-0.4, -0.2) is 25.4 Å². The monoisotopic (exact) mass is 473 g/mol. The number of benzene rings is 3. The Hall–Kier alpha value is -2.14. The van der Waals surface area contributed by atoms with Crippen LogP contribution in [0, 0.1) is 5.82 Å². The third kappa shape index (κ3) is 6.42. The molecule has 0 N–H and O–H groups in total. The molecule has 0 atom stereocenters. The summed E-state index contributed by atoms with van der Waals surface area (Å²) < 4.78 is 14.4. The fraction of sp³-hybridized carbons (Fsp3) is 0.240. The molecular weight excluding hydrogens is 448 g/mol. The highest BCUT2D eigenvalue weighted by atomic mass is 35.5. The molecule has 0 saturated heterocycles. The molecule has 0 saturated carbocycles. The molecule has 2 nitrogen and oxygen atoms in total. The molecule has 0 spiro atoms. The van der Waals surface area contributed by atoms with Gasteiger partial charge in [-0.2, -0.15) is 0 Å². The van der Waals surface area contributed by atoms with E-state index in [1.807, 2.05) is 24.3 Å². The van der Waals surface area contributed by atoms with Crippen LogP contribution in [0.15, 0.2) is 66.7 Å². The van der Waals surface area contributed by atoms with Gasteiger partial charge >= 0.3 is 0 Å². The maximum absolute atomic E-state index is 14.4. The molecule has 31 heavy (non-hydrogen) atoms. The Kier molecular flexibility index (Phi) is 7.58. The van der Waals surface area contributed by atoms with Gasteiger partial charge in [0.2, 0.25) is 0 Å². The van der Waals surface area contributed by atoms with E-state index in [1.165, 1.54) is 23.4 Å². The van der Waals surface area contributed by atoms with E-state index in [2.05, 4.69) is 43.9 Å². The highest BCUT2D eigenvalue weighted by molar-refractivity contribution is 6.88. The van der Waals surface area contributed by atoms with Gasteiger partial charge in [-0.25, -0.2) is 4.39 Å². The average Bonchev–Trinajstić information content (AvgIpc) is 2.73. The second-order valence-electron chi connectivity index (χ2n) is 8.67. The Morgan fingerprint density at radius 1 is 0.871 bits per heavy atom. The number of hydrogen-bond acceptors (Lipinski definition) is 1. The Balaban J connectivity index is 1.85. The summed E-state index contributed by atoms with van der Waals surface area (Å²) in [5.74, 6) is -0.941. The predicted molar refractivity (Wildman–Crippen MR) is 131 cm³/mol. The fourth-order valence-electron chi connectivity index (χ4n) is 3.33. The van der Waals surface area contributed by atoms with Crippen molar-refractivity contribution >= 4 is 42.4 Å². The van der Waals surface area contributed by atoms with Gasteiger partial charge in [-0.15, -0.1) is 0 Å². The van der Waals surface area contributed by atoms with Crippen LogP contribution >= 0.6 is 23.2 Å². The van der Waals surface area contributed by atoms with Gasteiger partial charge in [0.15, 0.2) is 0 Å². The first-order valence-corrected chi connectivity index (χ1v) is 14.5. The number of carbonyl (C=O) groups excluding carboxylic acids is 1. The first-order chi connectivity index (χ1) is 14.6. The van der Waals surface area contributed by atoms with Crippen LogP contribution in [0.5, 0.6) is 0 Å². The molecule has 162 valence electrons. The van der Waals surface area contributed by atoms with Crippen molar-refractivity contribution in [3.8, 4) is 0 Å². The van der Waals surface area contributed by atoms with Crippen LogP contribution in [0.4, 0.5) is 4.39 Å². The van der Waals surface area contributed by atoms with Gasteiger partial charge in [0.1, 0.15) is 5.82 Å². The molecule has 1 amide bonds. The first-order valence-electron chi connectivity index (χ1n) is 10.2. The van der Waals surface area contributed by atoms with Crippen molar-refractivity contribution in [3.05, 3.63) is 99.3 Å². The zero-order chi connectivity index (χ0) is 22.6. The Morgan fingerprint density at radius 3 is 2.06 bits per heavy atom. The minimum Gasteiger partial charge on any atom is -0.334 e. The standard InChI is InChI=1S/C25H26Cl2FNOSi/c1-31(2,3)22-11-6-19(7-12-22)17-29(15-14-18-4-8-20(26)9-5-18)25(30)23-16-21(27)10-13-24(23)28/h4-13,16H,14-15,17H2,1-3H3. The first kappa shape index (κ1) is 23.5. The Labute approximate surface area is 194 Å². The number of nitrogens with zero attached hydrogens (tertiary/aromatic N) is 1. The highest BCUT2D eigenvalue weighted by Crippen LogP contribution is 2.19. The second kappa shape index (κ2) is 9.99. The quantitative estimate of drug-likeness (QED) is 0.355. The van der Waals surface area contributed by atoms with Crippen molar-refractivity contribution in [1.29, 1.82) is 0 Å². The van der Waals surface area contributed by atoms with E-state index in [9.17, 15) is 9.18 Å². The molecule has 0 aliphatic heterocycles. The summed E-state index contributed by atoms with van der Waals surface area (Å²) in [5, 5.41) is 2.36. The van der Waals surface area contributed by atoms with Crippen molar-refractivity contribution in [2.45, 2.75) is 32.6 Å². The maximum atomic E-state index is 14.4. The summed E-state index contributed by atoms with van der Waals surface area (Å²) >= 11 is 12.0. The van der Waals surface area contributed by atoms with E-state index in [1.54, 1.807) is 4.90 Å². The van der Waals surface area contributed by atoms with Crippen LogP contribution in [0.1, 0.15) is 21.5 Å². The van der Waals surface area contributed by atoms with Crippen LogP contribution < -0.4 is 5.19 Å². The number of amides is 1. The molecule has 3 aromatic rings. The molecular formula is C25H26Cl2FNOSi. The summed E-state index contributed by atoms with van der Waals surface area (Å²) in [6, 6.07) is 20.0. The van der Waals surface area contributed by atoms with E-state index < -0.39 is 13.9 Å². The number of halogens is 3. The van der Waals surface area contributed by atoms with Crippen LogP contribution in [0.2, 0.25) is 29.7 Å². The van der Waals surface area contributed by atoms with Gasteiger partial charge in [0, 0.05) is 23.1 Å². The van der Waals surface area contributed by atoms with Crippen LogP contribution in [-0.2, 0) is 13.0 Å². The summed E-state index contributed by atoms with van der Waals surface area (Å²) in [5.41, 5.74) is 2.05. The molecule has 3 aromatic carbocycles. The van der Waals surface area contributed by atoms with Gasteiger partial charge in [0.05, 0.1) is 13.6 Å². The lowest BCUT2D eigenvalue weighted by Crippen LogP contribution is -2.37. The van der Waals surface area contributed by atoms with Gasteiger partial charge in [-0.05, 0) is 47.9 Å². The van der Waals surface area contributed by atoms with Gasteiger partial charge < -0.3 is 4.90 Å². The molecule has 6 heteroatoms. The normalized spacial score (nSPS) is 11.4. The van der Waals surface area contributed by atoms with E-state index in [-0.39, 0.29) is 11.5 Å². The third-order valence-electron chi connectivity index (χ3n) is 5.22. The zero-order valence-electron chi connectivity index (χ0n) is 18.0. The highest BCUT2D eigenvalue weighted by Gasteiger charge is 2.21. The van der Waals surface area contributed by atoms with Gasteiger partial charge in [-0.1, -0.05) is 84.4 Å². The third-order valence-corrected chi connectivity index (χ3v) is 7.78. The van der Waals surface area contributed by atoms with Crippen molar-refractivity contribution < 1.29 is 9.18 Å². The summed E-state index contributed by atoms with van der Waals surface area (Å²) in [6.07, 6.45) is 0.637. The summed E-state index contributed by atoms with van der Waals surface area (Å²) in [6.45, 7) is 7.73. The maximum Gasteiger partial charge on any atom is 0.257 e. The predicted octanol–water partition coefficient (Wildman–Crippen LogP) is 6.56. The van der Waals surface area contributed by atoms with Crippen molar-refractivity contribution in [2.75, 3.05) is 6.54 Å². The number of hydrogen-bond donors (Lipinski definition) is 0. The molecule has 0 fully saturated rings. The molecule has 0 heterocycles. The van der Waals surface area contributed by atoms with E-state index >= 15 is 0 Å². The largest absolute Gasteiger partial charge is 0.334 e. The van der Waals surface area contributed by atoms with Gasteiger partial charge in [0.25, 0.3) is 5.91 Å². The van der Waals surface area contributed by atoms with Crippen LogP contribution in [0.25, 0.3) is 0 Å². The molecule has 0 bridgehead atoms. The smallest absolute Gasteiger partial charge is 0.257 e. The van der Waals surface area contributed by atoms with Gasteiger partial charge in [-0.3, -0.25) is 4.79 Å². The summed E-state index contributed by atoms with van der Waals surface area (Å²) in [7, 11) is -1.40. The fourth-order valence-corrected chi connectivity index (χ4v) is 4.79. The molecule has 0 unspecified atom stereocenters. The molecule has 3 rings (SSSR count). The Bertz CT molecular complexity index is 1050. The van der Waals surface area contributed by atoms with E-state index in [0.29, 0.717) is 29.6 Å². The summed E-state index contributed by atoms with van der Waals surface area (Å²) in [4.78, 5) is 14.9. The number of carbonyl (C=O) groups is 1. The van der Waals surface area contributed by atoms with Crippen molar-refractivity contribution in [2.24, 2.45) is 0 Å². The minimum atomic E-state index is -1.40. The molecule has 0 aliphatic rings. The second-order valence-corrected chi connectivity index (χ2v) is 14.6. The topological polar surface area (TPSA) is 20.3 Å². The molecule has 0 aliphatic carbocycles. The zero-order valence-corrected chi connectivity index (χ0v) is 20.5. The Morgan fingerprint density at radius 2 is 1.45 bits per heavy atom. The van der Waals surface area contributed by atoms with E-state index in [0.717, 1.165) is 11.1 Å². The average molecular weight is 474 g/mol. The lowest BCUT2D eigenvalue weighted by Gasteiger charge is -2.24. The minimum absolute atomic E-state index is 0.0117. The SMILES string of the molecule is C[Si](C)(C)c1ccc(CN(CCc2ccc(Cl)cc2)C(=O)c2cc(Cl)ccc2F)cc1. The van der Waals surface area contributed by atoms with Crippen molar-refractivity contribution in [1.82, 2.24) is 4.90 Å². The lowest BCUT2D eigenvalue weighted by molar-refractivity contribution is 0.0740. The lowest BCUT2D eigenvalue weighted by atomic mass is 10.1. The molecule has 0 radical (unpaired) electrons.